The van der Waals surface area contributed by atoms with Gasteiger partial charge in [0.15, 0.2) is 0 Å². The fourth-order valence-corrected chi connectivity index (χ4v) is 3.40. The average molecular weight is 299 g/mol. The summed E-state index contributed by atoms with van der Waals surface area (Å²) in [6, 6.07) is 5.18. The number of hydrogen-bond acceptors (Lipinski definition) is 2. The first kappa shape index (κ1) is 11.6. The van der Waals surface area contributed by atoms with E-state index in [1.54, 1.807) is 6.07 Å². The van der Waals surface area contributed by atoms with Gasteiger partial charge in [-0.1, -0.05) is 15.9 Å². The van der Waals surface area contributed by atoms with Crippen molar-refractivity contribution in [1.82, 2.24) is 10.2 Å². The van der Waals surface area contributed by atoms with Crippen LogP contribution in [0.15, 0.2) is 22.7 Å². The van der Waals surface area contributed by atoms with Crippen LogP contribution in [-0.2, 0) is 6.54 Å². The topological polar surface area (TPSA) is 15.3 Å². The highest BCUT2D eigenvalue weighted by molar-refractivity contribution is 9.10. The molecular formula is C13H16BrFN2. The number of halogens is 2. The number of nitrogens with zero attached hydrogens (tertiary/aromatic N) is 1. The second-order valence-corrected chi connectivity index (χ2v) is 6.02. The first-order chi connectivity index (χ1) is 8.22. The molecule has 2 aliphatic rings. The van der Waals surface area contributed by atoms with Crippen LogP contribution in [0.2, 0.25) is 0 Å². The van der Waals surface area contributed by atoms with Crippen LogP contribution in [0.5, 0.6) is 0 Å². The minimum atomic E-state index is -0.0941. The molecule has 1 aromatic carbocycles. The third-order valence-electron chi connectivity index (χ3n) is 3.87. The molecule has 17 heavy (non-hydrogen) atoms. The predicted octanol–water partition coefficient (Wildman–Crippen LogP) is 2.24. The quantitative estimate of drug-likeness (QED) is 0.901. The molecule has 92 valence electrons. The minimum Gasteiger partial charge on any atom is -0.316 e. The zero-order valence-electron chi connectivity index (χ0n) is 9.63. The standard InChI is InChI=1S/C13H16BrFN2/c14-12-1-2-13(15)9(3-12)6-17-7-10-4-16-5-11(10)8-17/h1-3,10-11,16H,4-8H2. The lowest BCUT2D eigenvalue weighted by molar-refractivity contribution is 0.301. The Labute approximate surface area is 109 Å². The van der Waals surface area contributed by atoms with Crippen molar-refractivity contribution < 1.29 is 4.39 Å². The second-order valence-electron chi connectivity index (χ2n) is 5.11. The summed E-state index contributed by atoms with van der Waals surface area (Å²) >= 11 is 3.40. The number of likely N-dealkylation sites (tertiary alicyclic amines) is 1. The van der Waals surface area contributed by atoms with E-state index in [4.69, 9.17) is 0 Å². The maximum absolute atomic E-state index is 13.7. The van der Waals surface area contributed by atoms with Gasteiger partial charge < -0.3 is 5.32 Å². The molecule has 0 radical (unpaired) electrons. The normalized spacial score (nSPS) is 28.6. The third-order valence-corrected chi connectivity index (χ3v) is 4.36. The van der Waals surface area contributed by atoms with Gasteiger partial charge >= 0.3 is 0 Å². The van der Waals surface area contributed by atoms with Crippen LogP contribution in [0.1, 0.15) is 5.56 Å². The van der Waals surface area contributed by atoms with E-state index >= 15 is 0 Å². The molecule has 2 unspecified atom stereocenters. The van der Waals surface area contributed by atoms with E-state index in [9.17, 15) is 4.39 Å². The predicted molar refractivity (Wildman–Crippen MR) is 69.2 cm³/mol. The molecule has 2 saturated heterocycles. The molecule has 1 N–H and O–H groups in total. The summed E-state index contributed by atoms with van der Waals surface area (Å²) in [5.41, 5.74) is 0.798. The lowest BCUT2D eigenvalue weighted by atomic mass is 10.0. The third kappa shape index (κ3) is 2.39. The Morgan fingerprint density at radius 3 is 2.71 bits per heavy atom. The average Bonchev–Trinajstić information content (AvgIpc) is 2.83. The van der Waals surface area contributed by atoms with E-state index in [0.717, 1.165) is 54.6 Å². The highest BCUT2D eigenvalue weighted by Gasteiger charge is 2.35. The van der Waals surface area contributed by atoms with Gasteiger partial charge in [0.2, 0.25) is 0 Å². The number of benzene rings is 1. The fourth-order valence-electron chi connectivity index (χ4n) is 2.99. The van der Waals surface area contributed by atoms with Crippen LogP contribution in [0.3, 0.4) is 0 Å². The Bertz CT molecular complexity index is 412. The fraction of sp³-hybridized carbons (Fsp3) is 0.538. The molecule has 2 heterocycles. The van der Waals surface area contributed by atoms with E-state index in [1.165, 1.54) is 6.07 Å². The maximum atomic E-state index is 13.7. The van der Waals surface area contributed by atoms with Crippen LogP contribution in [0.4, 0.5) is 4.39 Å². The summed E-state index contributed by atoms with van der Waals surface area (Å²) in [5.74, 6) is 1.44. The van der Waals surface area contributed by atoms with Crippen molar-refractivity contribution in [1.29, 1.82) is 0 Å². The van der Waals surface area contributed by atoms with Crippen LogP contribution in [0, 0.1) is 17.7 Å². The van der Waals surface area contributed by atoms with E-state index in [1.807, 2.05) is 6.07 Å². The lowest BCUT2D eigenvalue weighted by Crippen LogP contribution is -2.25. The van der Waals surface area contributed by atoms with Gasteiger partial charge in [-0.05, 0) is 43.1 Å². The maximum Gasteiger partial charge on any atom is 0.127 e. The molecule has 1 aromatic rings. The van der Waals surface area contributed by atoms with Crippen LogP contribution >= 0.6 is 15.9 Å². The zero-order chi connectivity index (χ0) is 11.8. The molecule has 0 aromatic heterocycles. The van der Waals surface area contributed by atoms with Crippen molar-refractivity contribution in [3.05, 3.63) is 34.1 Å². The molecule has 0 amide bonds. The van der Waals surface area contributed by atoms with Crippen LogP contribution in [-0.4, -0.2) is 31.1 Å². The van der Waals surface area contributed by atoms with Crippen molar-refractivity contribution in [2.24, 2.45) is 11.8 Å². The smallest absolute Gasteiger partial charge is 0.127 e. The van der Waals surface area contributed by atoms with Gasteiger partial charge in [0, 0.05) is 29.7 Å². The molecular weight excluding hydrogens is 283 g/mol. The Balaban J connectivity index is 1.69. The summed E-state index contributed by atoms with van der Waals surface area (Å²) in [6.07, 6.45) is 0. The SMILES string of the molecule is Fc1ccc(Br)cc1CN1CC2CNCC2C1. The Kier molecular flexibility index (Phi) is 3.19. The number of hydrogen-bond donors (Lipinski definition) is 1. The Morgan fingerprint density at radius 2 is 2.00 bits per heavy atom. The Hall–Kier alpha value is -0.450. The zero-order valence-corrected chi connectivity index (χ0v) is 11.2. The molecule has 3 rings (SSSR count). The van der Waals surface area contributed by atoms with Gasteiger partial charge in [0.25, 0.3) is 0 Å². The van der Waals surface area contributed by atoms with E-state index in [2.05, 4.69) is 26.1 Å². The van der Waals surface area contributed by atoms with Gasteiger partial charge in [-0.25, -0.2) is 4.39 Å². The highest BCUT2D eigenvalue weighted by Crippen LogP contribution is 2.28. The molecule has 0 aliphatic carbocycles. The summed E-state index contributed by atoms with van der Waals surface area (Å²) in [4.78, 5) is 2.38. The van der Waals surface area contributed by atoms with Gasteiger partial charge in [-0.15, -0.1) is 0 Å². The van der Waals surface area contributed by atoms with E-state index in [-0.39, 0.29) is 5.82 Å². The van der Waals surface area contributed by atoms with Gasteiger partial charge in [-0.2, -0.15) is 0 Å². The second kappa shape index (κ2) is 4.67. The summed E-state index contributed by atoms with van der Waals surface area (Å²) in [7, 11) is 0. The number of nitrogens with one attached hydrogen (secondary N) is 1. The molecule has 4 heteroatoms. The minimum absolute atomic E-state index is 0.0941. The van der Waals surface area contributed by atoms with Crippen molar-refractivity contribution in [2.45, 2.75) is 6.54 Å². The largest absolute Gasteiger partial charge is 0.316 e. The van der Waals surface area contributed by atoms with Crippen LogP contribution < -0.4 is 5.32 Å². The monoisotopic (exact) mass is 298 g/mol. The molecule has 0 spiro atoms. The van der Waals surface area contributed by atoms with Crippen molar-refractivity contribution in [3.8, 4) is 0 Å². The lowest BCUT2D eigenvalue weighted by Gasteiger charge is -2.17. The summed E-state index contributed by atoms with van der Waals surface area (Å²) in [6.45, 7) is 5.19. The molecule has 0 bridgehead atoms. The van der Waals surface area contributed by atoms with Crippen molar-refractivity contribution in [3.63, 3.8) is 0 Å². The van der Waals surface area contributed by atoms with Crippen LogP contribution in [0.25, 0.3) is 0 Å². The molecule has 2 aliphatic heterocycles. The first-order valence-electron chi connectivity index (χ1n) is 6.09. The molecule has 2 fully saturated rings. The molecule has 2 atom stereocenters. The Morgan fingerprint density at radius 1 is 1.29 bits per heavy atom. The first-order valence-corrected chi connectivity index (χ1v) is 6.88. The van der Waals surface area contributed by atoms with E-state index < -0.39 is 0 Å². The van der Waals surface area contributed by atoms with Gasteiger partial charge in [0.05, 0.1) is 0 Å². The highest BCUT2D eigenvalue weighted by atomic mass is 79.9. The number of fused-ring (bicyclic) bond motifs is 1. The summed E-state index contributed by atoms with van der Waals surface area (Å²) < 4.78 is 14.6. The van der Waals surface area contributed by atoms with Gasteiger partial charge in [-0.3, -0.25) is 4.90 Å². The summed E-state index contributed by atoms with van der Waals surface area (Å²) in [5, 5.41) is 3.42. The van der Waals surface area contributed by atoms with Crippen molar-refractivity contribution in [2.75, 3.05) is 26.2 Å². The molecule has 2 nitrogen and oxygen atoms in total. The van der Waals surface area contributed by atoms with Crippen molar-refractivity contribution >= 4 is 15.9 Å². The molecule has 0 saturated carbocycles. The van der Waals surface area contributed by atoms with E-state index in [0.29, 0.717) is 0 Å². The van der Waals surface area contributed by atoms with Gasteiger partial charge in [0.1, 0.15) is 5.82 Å². The number of rotatable bonds is 2.